The highest BCUT2D eigenvalue weighted by atomic mass is 32.2. The first-order valence-corrected chi connectivity index (χ1v) is 13.7. The summed E-state index contributed by atoms with van der Waals surface area (Å²) in [6.07, 6.45) is -1.87. The maximum absolute atomic E-state index is 12.7. The Kier molecular flexibility index (Phi) is 8.60. The number of aromatic hydroxyl groups is 3. The third-order valence-corrected chi connectivity index (χ3v) is 7.46. The normalized spacial score (nSPS) is 13.1. The zero-order chi connectivity index (χ0) is 28.0. The lowest BCUT2D eigenvalue weighted by Gasteiger charge is -2.27. The van der Waals surface area contributed by atoms with Gasteiger partial charge in [-0.15, -0.1) is 0 Å². The average Bonchev–Trinajstić information content (AvgIpc) is 2.92. The fourth-order valence-corrected chi connectivity index (χ4v) is 5.09. The molecule has 0 radical (unpaired) electrons. The van der Waals surface area contributed by atoms with Crippen molar-refractivity contribution >= 4 is 15.7 Å². The molecule has 0 saturated heterocycles. The lowest BCUT2D eigenvalue weighted by atomic mass is 9.91. The molecule has 0 bridgehead atoms. The summed E-state index contributed by atoms with van der Waals surface area (Å²) >= 11 is 0. The van der Waals surface area contributed by atoms with E-state index in [4.69, 9.17) is 4.74 Å². The standard InChI is InChI=1S/C29H30N2O7S/c1-19(32)29(30-18-26(20-7-11-22(33)12-8-20)21-9-13-23(34)14-10-21)38-24-15-16-28(35)27(17-24)31-39(36,37)25-5-3-2-4-6-25/h2-17,19,26,29-35H,18H2,1H3. The molecule has 0 spiro atoms. The van der Waals surface area contributed by atoms with E-state index in [1.165, 1.54) is 30.3 Å². The molecule has 0 aliphatic rings. The lowest BCUT2D eigenvalue weighted by molar-refractivity contribution is 0.0267. The first kappa shape index (κ1) is 27.8. The highest BCUT2D eigenvalue weighted by Crippen LogP contribution is 2.31. The van der Waals surface area contributed by atoms with E-state index in [9.17, 15) is 28.8 Å². The molecule has 0 saturated carbocycles. The monoisotopic (exact) mass is 550 g/mol. The number of benzene rings is 4. The lowest BCUT2D eigenvalue weighted by Crippen LogP contribution is -2.44. The van der Waals surface area contributed by atoms with Gasteiger partial charge in [-0.2, -0.15) is 0 Å². The Labute approximate surface area is 227 Å². The smallest absolute Gasteiger partial charge is 0.262 e. The van der Waals surface area contributed by atoms with Gasteiger partial charge in [-0.3, -0.25) is 10.0 Å². The summed E-state index contributed by atoms with van der Waals surface area (Å²) in [7, 11) is -3.95. The maximum Gasteiger partial charge on any atom is 0.262 e. The molecule has 0 aromatic heterocycles. The van der Waals surface area contributed by atoms with E-state index in [2.05, 4.69) is 10.0 Å². The number of phenols is 3. The quantitative estimate of drug-likeness (QED) is 0.121. The second-order valence-electron chi connectivity index (χ2n) is 9.02. The van der Waals surface area contributed by atoms with Crippen LogP contribution in [-0.4, -0.2) is 47.7 Å². The molecule has 0 aliphatic carbocycles. The Morgan fingerprint density at radius 1 is 0.795 bits per heavy atom. The molecule has 2 atom stereocenters. The third-order valence-electron chi connectivity index (χ3n) is 6.08. The van der Waals surface area contributed by atoms with Gasteiger partial charge in [0.05, 0.1) is 10.6 Å². The van der Waals surface area contributed by atoms with Crippen LogP contribution in [-0.2, 0) is 10.0 Å². The molecule has 4 aromatic rings. The largest absolute Gasteiger partial charge is 0.508 e. The van der Waals surface area contributed by atoms with Gasteiger partial charge < -0.3 is 25.2 Å². The van der Waals surface area contributed by atoms with Gasteiger partial charge in [0.25, 0.3) is 10.0 Å². The molecule has 0 aliphatic heterocycles. The second kappa shape index (κ2) is 12.1. The van der Waals surface area contributed by atoms with Gasteiger partial charge in [0, 0.05) is 18.5 Å². The molecular formula is C29H30N2O7S. The number of nitrogens with one attached hydrogen (secondary N) is 2. The Morgan fingerprint density at radius 2 is 1.36 bits per heavy atom. The van der Waals surface area contributed by atoms with Crippen LogP contribution < -0.4 is 14.8 Å². The Morgan fingerprint density at radius 3 is 1.90 bits per heavy atom. The molecule has 204 valence electrons. The number of aliphatic hydroxyl groups is 1. The molecule has 0 heterocycles. The number of sulfonamides is 1. The maximum atomic E-state index is 12.7. The topological polar surface area (TPSA) is 148 Å². The van der Waals surface area contributed by atoms with Gasteiger partial charge in [-0.25, -0.2) is 8.42 Å². The van der Waals surface area contributed by atoms with E-state index in [1.54, 1.807) is 73.7 Å². The summed E-state index contributed by atoms with van der Waals surface area (Å²) in [4.78, 5) is 0.0359. The highest BCUT2D eigenvalue weighted by Gasteiger charge is 2.22. The zero-order valence-electron chi connectivity index (χ0n) is 21.1. The summed E-state index contributed by atoms with van der Waals surface area (Å²) < 4.78 is 33.8. The fourth-order valence-electron chi connectivity index (χ4n) is 4.01. The molecule has 39 heavy (non-hydrogen) atoms. The number of aliphatic hydroxyl groups excluding tert-OH is 1. The van der Waals surface area contributed by atoms with Gasteiger partial charge in [0.1, 0.15) is 29.1 Å². The average molecular weight is 551 g/mol. The van der Waals surface area contributed by atoms with Crippen molar-refractivity contribution in [1.82, 2.24) is 5.32 Å². The predicted molar refractivity (Wildman–Crippen MR) is 148 cm³/mol. The summed E-state index contributed by atoms with van der Waals surface area (Å²) in [6.45, 7) is 1.86. The minimum absolute atomic E-state index is 0.0359. The van der Waals surface area contributed by atoms with Crippen LogP contribution in [0.5, 0.6) is 23.0 Å². The molecule has 10 heteroatoms. The van der Waals surface area contributed by atoms with Gasteiger partial charge in [-0.05, 0) is 66.6 Å². The molecule has 6 N–H and O–H groups in total. The summed E-state index contributed by atoms with van der Waals surface area (Å²) in [6, 6.07) is 25.3. The number of phenolic OH excluding ortho intramolecular Hbond substituents is 3. The molecule has 4 aromatic carbocycles. The Balaban J connectivity index is 1.53. The Hall–Kier alpha value is -4.25. The minimum atomic E-state index is -3.95. The van der Waals surface area contributed by atoms with Crippen molar-refractivity contribution in [3.05, 3.63) is 108 Å². The van der Waals surface area contributed by atoms with Crippen molar-refractivity contribution in [2.45, 2.75) is 30.1 Å². The van der Waals surface area contributed by atoms with Crippen LogP contribution in [0.15, 0.2) is 102 Å². The molecule has 4 rings (SSSR count). The fraction of sp³-hybridized carbons (Fsp3) is 0.172. The van der Waals surface area contributed by atoms with Gasteiger partial charge in [0.15, 0.2) is 6.23 Å². The van der Waals surface area contributed by atoms with Crippen molar-refractivity contribution in [3.63, 3.8) is 0 Å². The second-order valence-corrected chi connectivity index (χ2v) is 10.7. The first-order chi connectivity index (χ1) is 18.6. The number of anilines is 1. The minimum Gasteiger partial charge on any atom is -0.508 e. The molecule has 2 unspecified atom stereocenters. The van der Waals surface area contributed by atoms with Crippen molar-refractivity contribution in [2.24, 2.45) is 0 Å². The number of hydrogen-bond donors (Lipinski definition) is 6. The predicted octanol–water partition coefficient (Wildman–Crippen LogP) is 4.11. The summed E-state index contributed by atoms with van der Waals surface area (Å²) in [5, 5.41) is 43.4. The zero-order valence-corrected chi connectivity index (χ0v) is 21.9. The van der Waals surface area contributed by atoms with Crippen molar-refractivity contribution in [3.8, 4) is 23.0 Å². The van der Waals surface area contributed by atoms with Crippen LogP contribution in [0.25, 0.3) is 0 Å². The Bertz CT molecular complexity index is 1430. The summed E-state index contributed by atoms with van der Waals surface area (Å²) in [5.41, 5.74) is 1.70. The molecule has 0 amide bonds. The first-order valence-electron chi connectivity index (χ1n) is 12.2. The van der Waals surface area contributed by atoms with Crippen molar-refractivity contribution < 1.29 is 33.6 Å². The molecular weight excluding hydrogens is 520 g/mol. The highest BCUT2D eigenvalue weighted by molar-refractivity contribution is 7.92. The van der Waals surface area contributed by atoms with Gasteiger partial charge in [-0.1, -0.05) is 42.5 Å². The number of hydrogen-bond acceptors (Lipinski definition) is 8. The van der Waals surface area contributed by atoms with Crippen LogP contribution in [0.3, 0.4) is 0 Å². The van der Waals surface area contributed by atoms with Gasteiger partial charge >= 0.3 is 0 Å². The molecule has 0 fully saturated rings. The SMILES string of the molecule is CC(O)C(NCC(c1ccc(O)cc1)c1ccc(O)cc1)Oc1ccc(O)c(NS(=O)(=O)c2ccccc2)c1. The number of rotatable bonds is 11. The van der Waals surface area contributed by atoms with Gasteiger partial charge in [0.2, 0.25) is 0 Å². The van der Waals surface area contributed by atoms with E-state index >= 15 is 0 Å². The van der Waals surface area contributed by atoms with E-state index in [1.807, 2.05) is 0 Å². The molecule has 9 nitrogen and oxygen atoms in total. The van der Waals surface area contributed by atoms with Crippen LogP contribution >= 0.6 is 0 Å². The summed E-state index contributed by atoms with van der Waals surface area (Å²) in [5.74, 6) is -0.0326. The van der Waals surface area contributed by atoms with E-state index < -0.39 is 22.4 Å². The van der Waals surface area contributed by atoms with Crippen LogP contribution in [0.1, 0.15) is 24.0 Å². The van der Waals surface area contributed by atoms with Crippen LogP contribution in [0.4, 0.5) is 5.69 Å². The number of ether oxygens (including phenoxy) is 1. The van der Waals surface area contributed by atoms with E-state index in [0.717, 1.165) is 11.1 Å². The third kappa shape index (κ3) is 7.20. The van der Waals surface area contributed by atoms with Crippen LogP contribution in [0, 0.1) is 0 Å². The van der Waals surface area contributed by atoms with Crippen molar-refractivity contribution in [2.75, 3.05) is 11.3 Å². The van der Waals surface area contributed by atoms with E-state index in [-0.39, 0.29) is 39.5 Å². The van der Waals surface area contributed by atoms with E-state index in [0.29, 0.717) is 6.54 Å². The van der Waals surface area contributed by atoms with Crippen molar-refractivity contribution in [1.29, 1.82) is 0 Å². The van der Waals surface area contributed by atoms with Crippen LogP contribution in [0.2, 0.25) is 0 Å².